The highest BCUT2D eigenvalue weighted by atomic mass is 19.1. The highest BCUT2D eigenvalue weighted by Crippen LogP contribution is 2.21. The maximum atomic E-state index is 13.5. The van der Waals surface area contributed by atoms with E-state index in [1.807, 2.05) is 0 Å². The van der Waals surface area contributed by atoms with Crippen LogP contribution in [0.15, 0.2) is 36.5 Å². The Hall–Kier alpha value is -2.17. The Bertz CT molecular complexity index is 558. The number of pyridine rings is 1. The lowest BCUT2D eigenvalue weighted by Gasteiger charge is -2.09. The fourth-order valence-electron chi connectivity index (χ4n) is 1.60. The molecule has 0 spiro atoms. The molecule has 19 heavy (non-hydrogen) atoms. The van der Waals surface area contributed by atoms with Crippen LogP contribution in [0.25, 0.3) is 0 Å². The Kier molecular flexibility index (Phi) is 4.28. The van der Waals surface area contributed by atoms with Gasteiger partial charge >= 0.3 is 0 Å². The lowest BCUT2D eigenvalue weighted by atomic mass is 10.2. The summed E-state index contributed by atoms with van der Waals surface area (Å²) < 4.78 is 26.3. The van der Waals surface area contributed by atoms with Crippen molar-refractivity contribution < 1.29 is 8.78 Å². The molecule has 0 aliphatic carbocycles. The summed E-state index contributed by atoms with van der Waals surface area (Å²) in [7, 11) is 0. The van der Waals surface area contributed by atoms with E-state index in [1.165, 1.54) is 12.1 Å². The van der Waals surface area contributed by atoms with Crippen LogP contribution in [0, 0.1) is 11.6 Å². The minimum absolute atomic E-state index is 0.231. The minimum atomic E-state index is -0.625. The number of benzene rings is 1. The predicted molar refractivity (Wildman–Crippen MR) is 72.7 cm³/mol. The number of hydrogen-bond acceptors (Lipinski definition) is 3. The van der Waals surface area contributed by atoms with Gasteiger partial charge in [0, 0.05) is 30.6 Å². The molecular formula is C14H15F2N3. The first kappa shape index (κ1) is 13.3. The van der Waals surface area contributed by atoms with Gasteiger partial charge in [-0.3, -0.25) is 0 Å². The van der Waals surface area contributed by atoms with Crippen LogP contribution < -0.4 is 10.6 Å². The maximum Gasteiger partial charge on any atom is 0.149 e. The third-order valence-corrected chi connectivity index (χ3v) is 2.53. The Morgan fingerprint density at radius 3 is 2.74 bits per heavy atom. The molecule has 2 aromatic rings. The molecule has 0 unspecified atom stereocenters. The predicted octanol–water partition coefficient (Wildman–Crippen LogP) is 3.93. The largest absolute Gasteiger partial charge is 0.370 e. The van der Waals surface area contributed by atoms with E-state index in [0.717, 1.165) is 24.8 Å². The molecule has 2 rings (SSSR count). The standard InChI is InChI=1S/C14H15F2N3/c1-2-6-17-14-9-11(5-7-18-14)19-13-4-3-10(15)8-12(13)16/h3-5,7-9H,2,6H2,1H3,(H2,17,18,19). The van der Waals surface area contributed by atoms with Crippen molar-refractivity contribution in [2.45, 2.75) is 13.3 Å². The zero-order chi connectivity index (χ0) is 13.7. The van der Waals surface area contributed by atoms with Gasteiger partial charge < -0.3 is 10.6 Å². The van der Waals surface area contributed by atoms with Crippen molar-refractivity contribution in [2.75, 3.05) is 17.2 Å². The number of hydrogen-bond donors (Lipinski definition) is 2. The number of anilines is 3. The van der Waals surface area contributed by atoms with Crippen LogP contribution in [-0.2, 0) is 0 Å². The molecular weight excluding hydrogens is 248 g/mol. The quantitative estimate of drug-likeness (QED) is 0.858. The lowest BCUT2D eigenvalue weighted by Crippen LogP contribution is -2.02. The van der Waals surface area contributed by atoms with Crippen LogP contribution in [0.2, 0.25) is 0 Å². The van der Waals surface area contributed by atoms with Crippen LogP contribution in [0.3, 0.4) is 0 Å². The molecule has 0 aliphatic heterocycles. The Morgan fingerprint density at radius 1 is 1.16 bits per heavy atom. The van der Waals surface area contributed by atoms with Gasteiger partial charge in [-0.15, -0.1) is 0 Å². The van der Waals surface area contributed by atoms with Gasteiger partial charge in [0.1, 0.15) is 17.5 Å². The van der Waals surface area contributed by atoms with Gasteiger partial charge in [0.05, 0.1) is 5.69 Å². The molecule has 0 amide bonds. The van der Waals surface area contributed by atoms with Crippen LogP contribution in [0.1, 0.15) is 13.3 Å². The van der Waals surface area contributed by atoms with E-state index >= 15 is 0 Å². The molecule has 100 valence electrons. The Balaban J connectivity index is 2.14. The van der Waals surface area contributed by atoms with E-state index in [-0.39, 0.29) is 5.69 Å². The normalized spacial score (nSPS) is 10.3. The molecule has 0 radical (unpaired) electrons. The van der Waals surface area contributed by atoms with E-state index < -0.39 is 11.6 Å². The summed E-state index contributed by atoms with van der Waals surface area (Å²) in [5.41, 5.74) is 0.924. The van der Waals surface area contributed by atoms with E-state index in [0.29, 0.717) is 5.69 Å². The summed E-state index contributed by atoms with van der Waals surface area (Å²) in [6, 6.07) is 6.92. The first-order chi connectivity index (χ1) is 9.19. The number of nitrogens with zero attached hydrogens (tertiary/aromatic N) is 1. The van der Waals surface area contributed by atoms with Gasteiger partial charge in [-0.1, -0.05) is 6.92 Å². The molecule has 5 heteroatoms. The van der Waals surface area contributed by atoms with Crippen molar-refractivity contribution >= 4 is 17.2 Å². The second-order valence-corrected chi connectivity index (χ2v) is 4.11. The van der Waals surface area contributed by atoms with Gasteiger partial charge in [-0.25, -0.2) is 13.8 Å². The summed E-state index contributed by atoms with van der Waals surface area (Å²) >= 11 is 0. The van der Waals surface area contributed by atoms with Crippen molar-refractivity contribution in [2.24, 2.45) is 0 Å². The third-order valence-electron chi connectivity index (χ3n) is 2.53. The smallest absolute Gasteiger partial charge is 0.149 e. The molecule has 2 N–H and O–H groups in total. The highest BCUT2D eigenvalue weighted by Gasteiger charge is 2.04. The SMILES string of the molecule is CCCNc1cc(Nc2ccc(F)cc2F)ccn1. The van der Waals surface area contributed by atoms with Gasteiger partial charge in [0.2, 0.25) is 0 Å². The molecule has 0 bridgehead atoms. The fourth-order valence-corrected chi connectivity index (χ4v) is 1.60. The van der Waals surface area contributed by atoms with Crippen molar-refractivity contribution in [3.63, 3.8) is 0 Å². The molecule has 0 atom stereocenters. The summed E-state index contributed by atoms with van der Waals surface area (Å²) in [6.45, 7) is 2.88. The first-order valence-corrected chi connectivity index (χ1v) is 6.11. The molecule has 0 saturated carbocycles. The monoisotopic (exact) mass is 263 g/mol. The second kappa shape index (κ2) is 6.13. The molecule has 3 nitrogen and oxygen atoms in total. The minimum Gasteiger partial charge on any atom is -0.370 e. The van der Waals surface area contributed by atoms with Crippen molar-refractivity contribution in [3.05, 3.63) is 48.2 Å². The van der Waals surface area contributed by atoms with Gasteiger partial charge in [0.25, 0.3) is 0 Å². The summed E-state index contributed by atoms with van der Waals surface area (Å²) in [4.78, 5) is 4.15. The fraction of sp³-hybridized carbons (Fsp3) is 0.214. The number of halogens is 2. The molecule has 1 aromatic heterocycles. The van der Waals surface area contributed by atoms with Crippen LogP contribution in [-0.4, -0.2) is 11.5 Å². The first-order valence-electron chi connectivity index (χ1n) is 6.11. The number of rotatable bonds is 5. The molecule has 1 aromatic carbocycles. The summed E-state index contributed by atoms with van der Waals surface area (Å²) in [5, 5.41) is 6.03. The highest BCUT2D eigenvalue weighted by molar-refractivity contribution is 5.62. The topological polar surface area (TPSA) is 37.0 Å². The van der Waals surface area contributed by atoms with Crippen molar-refractivity contribution in [3.8, 4) is 0 Å². The molecule has 1 heterocycles. The molecule has 0 saturated heterocycles. The van der Waals surface area contributed by atoms with E-state index in [2.05, 4.69) is 22.5 Å². The summed E-state index contributed by atoms with van der Waals surface area (Å²) in [5.74, 6) is -0.502. The second-order valence-electron chi connectivity index (χ2n) is 4.11. The van der Waals surface area contributed by atoms with E-state index in [4.69, 9.17) is 0 Å². The van der Waals surface area contributed by atoms with Crippen molar-refractivity contribution in [1.82, 2.24) is 4.98 Å². The molecule has 0 fully saturated rings. The zero-order valence-corrected chi connectivity index (χ0v) is 10.6. The number of aromatic nitrogens is 1. The third kappa shape index (κ3) is 3.64. The molecule has 0 aliphatic rings. The lowest BCUT2D eigenvalue weighted by molar-refractivity contribution is 0.586. The zero-order valence-electron chi connectivity index (χ0n) is 10.6. The van der Waals surface area contributed by atoms with Gasteiger partial charge in [-0.2, -0.15) is 0 Å². The van der Waals surface area contributed by atoms with E-state index in [1.54, 1.807) is 18.3 Å². The Labute approximate surface area is 110 Å². The number of nitrogens with one attached hydrogen (secondary N) is 2. The van der Waals surface area contributed by atoms with Gasteiger partial charge in [-0.05, 0) is 24.6 Å². The van der Waals surface area contributed by atoms with Crippen LogP contribution >= 0.6 is 0 Å². The van der Waals surface area contributed by atoms with Gasteiger partial charge in [0.15, 0.2) is 0 Å². The van der Waals surface area contributed by atoms with Crippen LogP contribution in [0.5, 0.6) is 0 Å². The average Bonchev–Trinajstić information content (AvgIpc) is 2.40. The maximum absolute atomic E-state index is 13.5. The average molecular weight is 263 g/mol. The van der Waals surface area contributed by atoms with E-state index in [9.17, 15) is 8.78 Å². The van der Waals surface area contributed by atoms with Crippen LogP contribution in [0.4, 0.5) is 26.0 Å². The Morgan fingerprint density at radius 2 is 2.00 bits per heavy atom. The van der Waals surface area contributed by atoms with Crippen molar-refractivity contribution in [1.29, 1.82) is 0 Å². The summed E-state index contributed by atoms with van der Waals surface area (Å²) in [6.07, 6.45) is 2.62.